The molecule has 1 aromatic carbocycles. The van der Waals surface area contributed by atoms with Crippen LogP contribution in [0.3, 0.4) is 0 Å². The summed E-state index contributed by atoms with van der Waals surface area (Å²) < 4.78 is 0. The van der Waals surface area contributed by atoms with E-state index in [0.29, 0.717) is 17.3 Å². The molecule has 29 heavy (non-hydrogen) atoms. The zero-order valence-corrected chi connectivity index (χ0v) is 18.2. The molecule has 1 fully saturated rings. The highest BCUT2D eigenvalue weighted by atomic mass is 35.5. The Bertz CT molecular complexity index is 622. The summed E-state index contributed by atoms with van der Waals surface area (Å²) in [6.45, 7) is 3.32. The van der Waals surface area contributed by atoms with Crippen molar-refractivity contribution in [1.29, 1.82) is 0 Å². The van der Waals surface area contributed by atoms with Crippen molar-refractivity contribution in [3.8, 4) is 0 Å². The van der Waals surface area contributed by atoms with Crippen molar-refractivity contribution in [2.45, 2.75) is 57.3 Å². The molecule has 162 valence electrons. The van der Waals surface area contributed by atoms with E-state index < -0.39 is 7.12 Å². The fraction of sp³-hybridized carbons (Fsp3) is 0.650. The van der Waals surface area contributed by atoms with Crippen LogP contribution in [0.1, 0.15) is 44.1 Å². The van der Waals surface area contributed by atoms with Crippen molar-refractivity contribution >= 4 is 36.5 Å². The van der Waals surface area contributed by atoms with Crippen LogP contribution in [0, 0.1) is 5.92 Å². The van der Waals surface area contributed by atoms with Gasteiger partial charge in [0.15, 0.2) is 0 Å². The smallest absolute Gasteiger partial charge is 0.427 e. The molecule has 1 unspecified atom stereocenters. The molecule has 9 heteroatoms. The van der Waals surface area contributed by atoms with Crippen LogP contribution in [-0.2, 0) is 16.0 Å². The third-order valence-electron chi connectivity index (χ3n) is 5.42. The minimum Gasteiger partial charge on any atom is -0.427 e. The lowest BCUT2D eigenvalue weighted by Gasteiger charge is -2.34. The van der Waals surface area contributed by atoms with Crippen LogP contribution in [0.15, 0.2) is 18.2 Å². The van der Waals surface area contributed by atoms with Crippen LogP contribution in [0.5, 0.6) is 0 Å². The van der Waals surface area contributed by atoms with E-state index in [9.17, 15) is 0 Å². The number of benzene rings is 1. The molecule has 2 rings (SSSR count). The Kier molecular flexibility index (Phi) is 13.5. The number of hydrogen-bond donors (Lipinski definition) is 3. The molecule has 1 saturated heterocycles. The Morgan fingerprint density at radius 3 is 2.41 bits per heavy atom. The maximum atomic E-state index is 8.87. The van der Waals surface area contributed by atoms with E-state index in [0.717, 1.165) is 69.6 Å². The summed E-state index contributed by atoms with van der Waals surface area (Å²) in [5.74, 6) is 0.594. The van der Waals surface area contributed by atoms with Crippen LogP contribution in [0.4, 0.5) is 0 Å². The normalized spacial score (nSPS) is 15.9. The lowest BCUT2D eigenvalue weighted by molar-refractivity contribution is -0.191. The summed E-state index contributed by atoms with van der Waals surface area (Å²) >= 11 is 12.2. The molecule has 6 nitrogen and oxygen atoms in total. The maximum Gasteiger partial charge on any atom is 0.451 e. The Morgan fingerprint density at radius 2 is 1.83 bits per heavy atom. The van der Waals surface area contributed by atoms with E-state index in [4.69, 9.17) is 48.6 Å². The first-order valence-corrected chi connectivity index (χ1v) is 10.9. The molecule has 4 N–H and O–H groups in total. The van der Waals surface area contributed by atoms with Gasteiger partial charge < -0.3 is 20.7 Å². The van der Waals surface area contributed by atoms with Crippen LogP contribution >= 0.6 is 23.2 Å². The number of nitrogens with zero attached hydrogens (tertiary/aromatic N) is 1. The molecule has 1 heterocycles. The zero-order valence-electron chi connectivity index (χ0n) is 16.7. The molecule has 0 aromatic heterocycles. The standard InChI is InChI=1S/C19H31BCl2N2O2.CO2/c21-17-7-6-15(18(22)14-17)4-3-11-24-12-8-16(9-13-24)19(23)5-1-2-10-20(25)26;2-1-3/h6-7,14,16,19,25-26H,1-5,8-13,23H2;. The molecule has 0 bridgehead atoms. The van der Waals surface area contributed by atoms with Crippen molar-refractivity contribution in [3.05, 3.63) is 33.8 Å². The molecule has 1 aromatic rings. The van der Waals surface area contributed by atoms with Gasteiger partial charge in [-0.1, -0.05) is 42.1 Å². The largest absolute Gasteiger partial charge is 0.451 e. The number of unbranched alkanes of at least 4 members (excludes halogenated alkanes) is 1. The SMILES string of the molecule is NC(CCCCB(O)O)C1CCN(CCCc2ccc(Cl)cc2Cl)CC1.O=C=O. The van der Waals surface area contributed by atoms with Gasteiger partial charge in [0.2, 0.25) is 0 Å². The number of nitrogens with two attached hydrogens (primary N) is 1. The number of likely N-dealkylation sites (tertiary alicyclic amines) is 1. The van der Waals surface area contributed by atoms with Gasteiger partial charge in [-0.2, -0.15) is 9.59 Å². The Morgan fingerprint density at radius 1 is 1.17 bits per heavy atom. The fourth-order valence-electron chi connectivity index (χ4n) is 3.76. The number of rotatable bonds is 10. The minimum atomic E-state index is -1.18. The summed E-state index contributed by atoms with van der Waals surface area (Å²) in [6, 6.07) is 5.97. The van der Waals surface area contributed by atoms with E-state index in [1.165, 1.54) is 5.56 Å². The fourth-order valence-corrected chi connectivity index (χ4v) is 4.27. The van der Waals surface area contributed by atoms with Crippen LogP contribution in [0.2, 0.25) is 16.4 Å². The zero-order chi connectivity index (χ0) is 21.6. The molecule has 1 atom stereocenters. The molecule has 0 saturated carbocycles. The van der Waals surface area contributed by atoms with E-state index in [2.05, 4.69) is 4.90 Å². The number of carbonyl (C=O) groups excluding carboxylic acids is 2. The first-order valence-electron chi connectivity index (χ1n) is 10.1. The van der Waals surface area contributed by atoms with Crippen molar-refractivity contribution in [1.82, 2.24) is 4.90 Å². The van der Waals surface area contributed by atoms with Crippen LogP contribution in [0.25, 0.3) is 0 Å². The maximum absolute atomic E-state index is 8.87. The van der Waals surface area contributed by atoms with Gasteiger partial charge >= 0.3 is 13.3 Å². The molecule has 0 spiro atoms. The Hall–Kier alpha value is -0.915. The summed E-state index contributed by atoms with van der Waals surface area (Å²) in [4.78, 5) is 18.8. The predicted molar refractivity (Wildman–Crippen MR) is 116 cm³/mol. The first-order chi connectivity index (χ1) is 13.9. The van der Waals surface area contributed by atoms with E-state index in [1.807, 2.05) is 18.2 Å². The lowest BCUT2D eigenvalue weighted by Crippen LogP contribution is -2.41. The van der Waals surface area contributed by atoms with E-state index in [1.54, 1.807) is 0 Å². The molecule has 1 aliphatic heterocycles. The van der Waals surface area contributed by atoms with Crippen LogP contribution in [-0.4, -0.2) is 53.9 Å². The summed E-state index contributed by atoms with van der Waals surface area (Å²) in [6.07, 6.45) is 7.87. The summed E-state index contributed by atoms with van der Waals surface area (Å²) in [7, 11) is -1.18. The van der Waals surface area contributed by atoms with E-state index in [-0.39, 0.29) is 12.2 Å². The molecule has 0 amide bonds. The van der Waals surface area contributed by atoms with Crippen LogP contribution < -0.4 is 5.73 Å². The second-order valence-electron chi connectivity index (χ2n) is 7.53. The molecule has 1 aliphatic rings. The molecule has 0 radical (unpaired) electrons. The third-order valence-corrected chi connectivity index (χ3v) is 6.01. The van der Waals surface area contributed by atoms with Gasteiger partial charge in [-0.25, -0.2) is 0 Å². The van der Waals surface area contributed by atoms with Crippen molar-refractivity contribution < 1.29 is 19.6 Å². The van der Waals surface area contributed by atoms with Gasteiger partial charge in [-0.05, 0) is 81.7 Å². The molecule has 0 aliphatic carbocycles. The highest BCUT2D eigenvalue weighted by Gasteiger charge is 2.23. The van der Waals surface area contributed by atoms with Crippen molar-refractivity contribution in [2.75, 3.05) is 19.6 Å². The first kappa shape index (κ1) is 26.1. The third kappa shape index (κ3) is 11.2. The molecular formula is C20H31BCl2N2O4. The van der Waals surface area contributed by atoms with E-state index >= 15 is 0 Å². The molecular weight excluding hydrogens is 414 g/mol. The van der Waals surface area contributed by atoms with Gasteiger partial charge in [-0.3, -0.25) is 0 Å². The highest BCUT2D eigenvalue weighted by Crippen LogP contribution is 2.24. The minimum absolute atomic E-state index is 0.237. The van der Waals surface area contributed by atoms with Gasteiger partial charge in [-0.15, -0.1) is 0 Å². The monoisotopic (exact) mass is 444 g/mol. The Labute approximate surface area is 183 Å². The average Bonchev–Trinajstić information content (AvgIpc) is 2.68. The second kappa shape index (κ2) is 15.0. The highest BCUT2D eigenvalue weighted by molar-refractivity contribution is 6.40. The van der Waals surface area contributed by atoms with Gasteiger partial charge in [0.25, 0.3) is 0 Å². The quantitative estimate of drug-likeness (QED) is 0.378. The lowest BCUT2D eigenvalue weighted by atomic mass is 9.82. The number of piperidine rings is 1. The Balaban J connectivity index is 0.00000132. The van der Waals surface area contributed by atoms with Crippen molar-refractivity contribution in [3.63, 3.8) is 0 Å². The topological polar surface area (TPSA) is 104 Å². The second-order valence-corrected chi connectivity index (χ2v) is 8.37. The van der Waals surface area contributed by atoms with Gasteiger partial charge in [0.1, 0.15) is 0 Å². The van der Waals surface area contributed by atoms with Crippen molar-refractivity contribution in [2.24, 2.45) is 11.7 Å². The number of hydrogen-bond acceptors (Lipinski definition) is 6. The average molecular weight is 445 g/mol. The summed E-state index contributed by atoms with van der Waals surface area (Å²) in [5, 5.41) is 19.2. The summed E-state index contributed by atoms with van der Waals surface area (Å²) in [5.41, 5.74) is 7.51. The predicted octanol–water partition coefficient (Wildman–Crippen LogP) is 3.02. The van der Waals surface area contributed by atoms with Gasteiger partial charge in [0.05, 0.1) is 0 Å². The number of halogens is 2. The number of aryl methyl sites for hydroxylation is 1. The van der Waals surface area contributed by atoms with Gasteiger partial charge in [0, 0.05) is 16.1 Å².